The molecule has 1 aromatic heterocycles. The first-order chi connectivity index (χ1) is 9.83. The molecule has 0 saturated heterocycles. The van der Waals surface area contributed by atoms with Gasteiger partial charge in [-0.05, 0) is 36.8 Å². The van der Waals surface area contributed by atoms with E-state index in [0.717, 1.165) is 29.2 Å². The quantitative estimate of drug-likeness (QED) is 0.841. The molecule has 4 heteroatoms. The third kappa shape index (κ3) is 3.96. The lowest BCUT2D eigenvalue weighted by atomic mass is 10.2. The van der Waals surface area contributed by atoms with Gasteiger partial charge in [0.05, 0.1) is 13.2 Å². The highest BCUT2D eigenvalue weighted by atomic mass is 16.5. The Morgan fingerprint density at radius 1 is 1.10 bits per heavy atom. The molecule has 1 aromatic carbocycles. The van der Waals surface area contributed by atoms with Crippen LogP contribution < -0.4 is 15.2 Å². The fourth-order valence-electron chi connectivity index (χ4n) is 1.88. The zero-order valence-electron chi connectivity index (χ0n) is 11.7. The van der Waals surface area contributed by atoms with Crippen LogP contribution in [0, 0.1) is 0 Å². The van der Waals surface area contributed by atoms with Gasteiger partial charge >= 0.3 is 0 Å². The van der Waals surface area contributed by atoms with E-state index in [2.05, 4.69) is 4.98 Å². The van der Waals surface area contributed by atoms with Gasteiger partial charge in [0.2, 0.25) is 0 Å². The predicted molar refractivity (Wildman–Crippen MR) is 78.9 cm³/mol. The number of ether oxygens (including phenoxy) is 2. The highest BCUT2D eigenvalue weighted by molar-refractivity contribution is 5.43. The van der Waals surface area contributed by atoms with Crippen molar-refractivity contribution in [2.75, 3.05) is 13.2 Å². The first-order valence-electron chi connectivity index (χ1n) is 6.82. The fourth-order valence-corrected chi connectivity index (χ4v) is 1.88. The molecular weight excluding hydrogens is 252 g/mol. The Bertz CT molecular complexity index is 529. The summed E-state index contributed by atoms with van der Waals surface area (Å²) in [5, 5.41) is 0. The molecule has 0 fully saturated rings. The summed E-state index contributed by atoms with van der Waals surface area (Å²) in [6.07, 6.45) is 2.56. The number of hydrogen-bond donors (Lipinski definition) is 1. The Kier molecular flexibility index (Phi) is 5.38. The average Bonchev–Trinajstić information content (AvgIpc) is 2.50. The van der Waals surface area contributed by atoms with Crippen LogP contribution in [0.1, 0.15) is 18.2 Å². The fraction of sp³-hybridized carbons (Fsp3) is 0.312. The molecule has 0 bridgehead atoms. The van der Waals surface area contributed by atoms with Crippen molar-refractivity contribution in [3.63, 3.8) is 0 Å². The van der Waals surface area contributed by atoms with Crippen LogP contribution in [0.15, 0.2) is 42.6 Å². The number of nitrogens with two attached hydrogens (primary N) is 1. The minimum absolute atomic E-state index is 0.494. The lowest BCUT2D eigenvalue weighted by Crippen LogP contribution is -2.05. The molecule has 1 heterocycles. The summed E-state index contributed by atoms with van der Waals surface area (Å²) in [7, 11) is 0. The minimum atomic E-state index is 0.494. The van der Waals surface area contributed by atoms with Gasteiger partial charge in [-0.2, -0.15) is 0 Å². The molecule has 2 rings (SSSR count). The van der Waals surface area contributed by atoms with Gasteiger partial charge in [-0.3, -0.25) is 4.98 Å². The van der Waals surface area contributed by atoms with Crippen LogP contribution in [0.25, 0.3) is 0 Å². The molecule has 0 unspecified atom stereocenters. The molecule has 0 radical (unpaired) electrons. The highest BCUT2D eigenvalue weighted by Gasteiger charge is 2.06. The van der Waals surface area contributed by atoms with E-state index in [1.165, 1.54) is 0 Å². The van der Waals surface area contributed by atoms with Crippen molar-refractivity contribution in [3.8, 4) is 11.5 Å². The molecule has 2 aromatic rings. The van der Waals surface area contributed by atoms with Gasteiger partial charge in [-0.1, -0.05) is 12.1 Å². The van der Waals surface area contributed by atoms with Crippen molar-refractivity contribution in [3.05, 3.63) is 53.9 Å². The first kappa shape index (κ1) is 14.3. The van der Waals surface area contributed by atoms with Crippen LogP contribution >= 0.6 is 0 Å². The van der Waals surface area contributed by atoms with Crippen molar-refractivity contribution in [2.24, 2.45) is 5.73 Å². The number of benzene rings is 1. The van der Waals surface area contributed by atoms with Crippen LogP contribution in [-0.2, 0) is 13.0 Å². The maximum Gasteiger partial charge on any atom is 0.161 e. The normalized spacial score (nSPS) is 10.3. The maximum absolute atomic E-state index is 5.79. The average molecular weight is 272 g/mol. The van der Waals surface area contributed by atoms with Gasteiger partial charge in [0.25, 0.3) is 0 Å². The lowest BCUT2D eigenvalue weighted by molar-refractivity contribution is 0.278. The zero-order valence-corrected chi connectivity index (χ0v) is 11.7. The highest BCUT2D eigenvalue weighted by Crippen LogP contribution is 2.28. The molecule has 106 valence electrons. The van der Waals surface area contributed by atoms with E-state index in [9.17, 15) is 0 Å². The second-order valence-corrected chi connectivity index (χ2v) is 4.34. The second kappa shape index (κ2) is 7.50. The van der Waals surface area contributed by atoms with E-state index in [4.69, 9.17) is 15.2 Å². The van der Waals surface area contributed by atoms with E-state index in [0.29, 0.717) is 19.8 Å². The molecule has 0 amide bonds. The van der Waals surface area contributed by atoms with Crippen LogP contribution in [0.3, 0.4) is 0 Å². The lowest BCUT2D eigenvalue weighted by Gasteiger charge is -2.13. The SMILES string of the molecule is CCOc1cc(CN)ccc1OCCc1ccccn1. The van der Waals surface area contributed by atoms with E-state index in [1.807, 2.05) is 43.3 Å². The van der Waals surface area contributed by atoms with Crippen molar-refractivity contribution in [1.82, 2.24) is 4.98 Å². The van der Waals surface area contributed by atoms with Crippen LogP contribution in [0.4, 0.5) is 0 Å². The maximum atomic E-state index is 5.79. The Labute approximate surface area is 119 Å². The molecule has 20 heavy (non-hydrogen) atoms. The second-order valence-electron chi connectivity index (χ2n) is 4.34. The summed E-state index contributed by atoms with van der Waals surface area (Å²) in [4.78, 5) is 4.27. The van der Waals surface area contributed by atoms with Crippen molar-refractivity contribution in [1.29, 1.82) is 0 Å². The van der Waals surface area contributed by atoms with Crippen molar-refractivity contribution < 1.29 is 9.47 Å². The zero-order chi connectivity index (χ0) is 14.2. The van der Waals surface area contributed by atoms with Gasteiger partial charge < -0.3 is 15.2 Å². The molecule has 4 nitrogen and oxygen atoms in total. The largest absolute Gasteiger partial charge is 0.490 e. The number of aromatic nitrogens is 1. The number of nitrogens with zero attached hydrogens (tertiary/aromatic N) is 1. The van der Waals surface area contributed by atoms with Gasteiger partial charge in [-0.25, -0.2) is 0 Å². The van der Waals surface area contributed by atoms with E-state index < -0.39 is 0 Å². The summed E-state index contributed by atoms with van der Waals surface area (Å²) in [6, 6.07) is 11.7. The summed E-state index contributed by atoms with van der Waals surface area (Å²) < 4.78 is 11.4. The van der Waals surface area contributed by atoms with E-state index in [-0.39, 0.29) is 0 Å². The molecule has 0 atom stereocenters. The Hall–Kier alpha value is -2.07. The molecule has 0 aliphatic carbocycles. The van der Waals surface area contributed by atoms with Crippen LogP contribution in [-0.4, -0.2) is 18.2 Å². The summed E-state index contributed by atoms with van der Waals surface area (Å²) >= 11 is 0. The summed E-state index contributed by atoms with van der Waals surface area (Å²) in [5.41, 5.74) is 7.69. The Morgan fingerprint density at radius 3 is 2.70 bits per heavy atom. The van der Waals surface area contributed by atoms with Gasteiger partial charge in [0, 0.05) is 24.9 Å². The van der Waals surface area contributed by atoms with Crippen LogP contribution in [0.2, 0.25) is 0 Å². The topological polar surface area (TPSA) is 57.4 Å². The molecule has 2 N–H and O–H groups in total. The van der Waals surface area contributed by atoms with Crippen LogP contribution in [0.5, 0.6) is 11.5 Å². The van der Waals surface area contributed by atoms with E-state index in [1.54, 1.807) is 6.20 Å². The molecule has 0 saturated carbocycles. The molecular formula is C16H20N2O2. The van der Waals surface area contributed by atoms with Crippen molar-refractivity contribution >= 4 is 0 Å². The Balaban J connectivity index is 1.98. The van der Waals surface area contributed by atoms with E-state index >= 15 is 0 Å². The minimum Gasteiger partial charge on any atom is -0.490 e. The third-order valence-corrected chi connectivity index (χ3v) is 2.89. The summed E-state index contributed by atoms with van der Waals surface area (Å²) in [6.45, 7) is 3.62. The number of rotatable bonds is 7. The molecule has 0 spiro atoms. The number of hydrogen-bond acceptors (Lipinski definition) is 4. The monoisotopic (exact) mass is 272 g/mol. The third-order valence-electron chi connectivity index (χ3n) is 2.89. The Morgan fingerprint density at radius 2 is 2.00 bits per heavy atom. The van der Waals surface area contributed by atoms with Gasteiger partial charge in [-0.15, -0.1) is 0 Å². The van der Waals surface area contributed by atoms with Gasteiger partial charge in [0.15, 0.2) is 11.5 Å². The van der Waals surface area contributed by atoms with Gasteiger partial charge in [0.1, 0.15) is 0 Å². The molecule has 0 aliphatic rings. The van der Waals surface area contributed by atoms with Crippen molar-refractivity contribution in [2.45, 2.75) is 19.9 Å². The molecule has 0 aliphatic heterocycles. The number of pyridine rings is 1. The standard InChI is InChI=1S/C16H20N2O2/c1-2-19-16-11-13(12-17)6-7-15(16)20-10-8-14-5-3-4-9-18-14/h3-7,9,11H,2,8,10,12,17H2,1H3. The first-order valence-corrected chi connectivity index (χ1v) is 6.82. The predicted octanol–water partition coefficient (Wildman–Crippen LogP) is 2.56. The summed E-state index contributed by atoms with van der Waals surface area (Å²) in [5.74, 6) is 1.50. The smallest absolute Gasteiger partial charge is 0.161 e.